The maximum atomic E-state index is 13.5. The molecule has 0 atom stereocenters. The van der Waals surface area contributed by atoms with Crippen molar-refractivity contribution in [3.63, 3.8) is 0 Å². The number of carbonyl (C=O) groups excluding carboxylic acids is 1. The molecule has 5 nitrogen and oxygen atoms in total. The first-order valence-electron chi connectivity index (χ1n) is 11.3. The lowest BCUT2D eigenvalue weighted by molar-refractivity contribution is 0.0983. The van der Waals surface area contributed by atoms with Gasteiger partial charge in [-0.2, -0.15) is 4.31 Å². The number of carbonyl (C=O) groups is 1. The number of benzene rings is 3. The van der Waals surface area contributed by atoms with Gasteiger partial charge in [-0.3, -0.25) is 9.78 Å². The van der Waals surface area contributed by atoms with Crippen LogP contribution in [-0.2, 0) is 29.5 Å². The molecule has 0 aliphatic rings. The number of nitrogens with zero attached hydrogens (tertiary/aromatic N) is 2. The summed E-state index contributed by atoms with van der Waals surface area (Å²) in [5.74, 6) is 0.0145. The van der Waals surface area contributed by atoms with Gasteiger partial charge in [0.15, 0.2) is 5.78 Å². The van der Waals surface area contributed by atoms with Crippen molar-refractivity contribution in [3.8, 4) is 0 Å². The summed E-state index contributed by atoms with van der Waals surface area (Å²) in [6.45, 7) is 0.227. The monoisotopic (exact) mass is 538 g/mol. The first kappa shape index (κ1) is 26.0. The second-order valence-electron chi connectivity index (χ2n) is 8.30. The van der Waals surface area contributed by atoms with E-state index in [1.807, 2.05) is 24.3 Å². The fraction of sp³-hybridized carbons (Fsp3) is 0.143. The Kier molecular flexibility index (Phi) is 8.54. The van der Waals surface area contributed by atoms with Crippen molar-refractivity contribution in [2.24, 2.45) is 0 Å². The smallest absolute Gasteiger partial charge is 0.243 e. The molecule has 0 radical (unpaired) electrons. The van der Waals surface area contributed by atoms with Gasteiger partial charge in [0.2, 0.25) is 10.0 Å². The van der Waals surface area contributed by atoms with E-state index in [1.54, 1.807) is 60.8 Å². The number of halogens is 2. The van der Waals surface area contributed by atoms with Crippen molar-refractivity contribution >= 4 is 39.0 Å². The summed E-state index contributed by atoms with van der Waals surface area (Å²) < 4.78 is 28.3. The highest BCUT2D eigenvalue weighted by atomic mass is 35.5. The quantitative estimate of drug-likeness (QED) is 0.213. The van der Waals surface area contributed by atoms with Crippen molar-refractivity contribution < 1.29 is 13.2 Å². The molecule has 36 heavy (non-hydrogen) atoms. The zero-order valence-corrected chi connectivity index (χ0v) is 21.7. The lowest BCUT2D eigenvalue weighted by atomic mass is 10.0. The average molecular weight is 539 g/mol. The topological polar surface area (TPSA) is 67.3 Å². The molecule has 4 aromatic rings. The summed E-state index contributed by atoms with van der Waals surface area (Å²) in [7, 11) is -3.83. The van der Waals surface area contributed by atoms with Gasteiger partial charge >= 0.3 is 0 Å². The molecule has 4 rings (SSSR count). The third-order valence-corrected chi connectivity index (χ3v) is 7.97. The molecule has 0 bridgehead atoms. The molecule has 184 valence electrons. The number of rotatable bonds is 10. The second kappa shape index (κ2) is 11.8. The Labute approximate surface area is 221 Å². The molecular weight excluding hydrogens is 515 g/mol. The summed E-state index contributed by atoms with van der Waals surface area (Å²) in [6, 6.07) is 26.0. The number of hydrogen-bond donors (Lipinski definition) is 0. The minimum absolute atomic E-state index is 0.0145. The number of pyridine rings is 1. The summed E-state index contributed by atoms with van der Waals surface area (Å²) in [5, 5.41) is 1.11. The summed E-state index contributed by atoms with van der Waals surface area (Å²) in [4.78, 5) is 17.1. The Morgan fingerprint density at radius 2 is 1.53 bits per heavy atom. The van der Waals surface area contributed by atoms with E-state index < -0.39 is 10.0 Å². The third-order valence-electron chi connectivity index (χ3n) is 5.68. The normalized spacial score (nSPS) is 11.5. The van der Waals surface area contributed by atoms with Gasteiger partial charge in [0.05, 0.1) is 17.1 Å². The Hall–Kier alpha value is -3.03. The van der Waals surface area contributed by atoms with Crippen LogP contribution in [0.5, 0.6) is 0 Å². The SMILES string of the molecule is O=C(CCc1cccc(Cl)c1)c1ccc(CN(Cc2ccccn2)S(=O)(=O)c2ccc(Cl)cc2)cc1. The highest BCUT2D eigenvalue weighted by Crippen LogP contribution is 2.23. The van der Waals surface area contributed by atoms with Crippen LogP contribution in [-0.4, -0.2) is 23.5 Å². The maximum Gasteiger partial charge on any atom is 0.243 e. The minimum atomic E-state index is -3.83. The highest BCUT2D eigenvalue weighted by Gasteiger charge is 2.25. The van der Waals surface area contributed by atoms with Gasteiger partial charge in [-0.15, -0.1) is 0 Å². The van der Waals surface area contributed by atoms with Crippen LogP contribution in [0.4, 0.5) is 0 Å². The van der Waals surface area contributed by atoms with E-state index >= 15 is 0 Å². The van der Waals surface area contributed by atoms with Gasteiger partial charge < -0.3 is 0 Å². The van der Waals surface area contributed by atoms with Crippen LogP contribution < -0.4 is 0 Å². The summed E-state index contributed by atoms with van der Waals surface area (Å²) in [6.07, 6.45) is 2.58. The van der Waals surface area contributed by atoms with Gasteiger partial charge in [-0.25, -0.2) is 8.42 Å². The van der Waals surface area contributed by atoms with Gasteiger partial charge in [0.25, 0.3) is 0 Å². The second-order valence-corrected chi connectivity index (χ2v) is 11.1. The van der Waals surface area contributed by atoms with Gasteiger partial charge in [0, 0.05) is 34.8 Å². The predicted molar refractivity (Wildman–Crippen MR) is 143 cm³/mol. The van der Waals surface area contributed by atoms with Crippen molar-refractivity contribution in [2.75, 3.05) is 0 Å². The molecule has 0 aliphatic carbocycles. The Morgan fingerprint density at radius 1 is 0.778 bits per heavy atom. The molecule has 0 aliphatic heterocycles. The molecule has 0 spiro atoms. The van der Waals surface area contributed by atoms with Crippen LogP contribution >= 0.6 is 23.2 Å². The van der Waals surface area contributed by atoms with Gasteiger partial charge in [0.1, 0.15) is 0 Å². The Balaban J connectivity index is 1.50. The zero-order valence-electron chi connectivity index (χ0n) is 19.3. The molecule has 8 heteroatoms. The highest BCUT2D eigenvalue weighted by molar-refractivity contribution is 7.89. The molecule has 0 saturated heterocycles. The van der Waals surface area contributed by atoms with Gasteiger partial charge in [-0.1, -0.05) is 65.7 Å². The standard InChI is InChI=1S/C28H24Cl2N2O3S/c29-24-12-14-27(15-13-24)36(34,35)32(20-26-6-1-2-17-31-26)19-22-7-10-23(11-8-22)28(33)16-9-21-4-3-5-25(30)18-21/h1-8,10-15,17-18H,9,16,19-20H2. The van der Waals surface area contributed by atoms with E-state index in [-0.39, 0.29) is 23.8 Å². The number of sulfonamides is 1. The lowest BCUT2D eigenvalue weighted by Gasteiger charge is -2.22. The maximum absolute atomic E-state index is 13.5. The van der Waals surface area contributed by atoms with Crippen molar-refractivity contribution in [2.45, 2.75) is 30.8 Å². The van der Waals surface area contributed by atoms with Crippen LogP contribution in [0.1, 0.15) is 33.6 Å². The lowest BCUT2D eigenvalue weighted by Crippen LogP contribution is -2.30. The molecule has 0 N–H and O–H groups in total. The number of Topliss-reactive ketones (excluding diaryl/α,β-unsaturated/α-hetero) is 1. The van der Waals surface area contributed by atoms with Crippen LogP contribution in [0.25, 0.3) is 0 Å². The summed E-state index contributed by atoms with van der Waals surface area (Å²) in [5.41, 5.74) is 2.97. The van der Waals surface area contributed by atoms with Crippen LogP contribution in [0, 0.1) is 0 Å². The van der Waals surface area contributed by atoms with E-state index in [0.29, 0.717) is 34.1 Å². The van der Waals surface area contributed by atoms with Crippen LogP contribution in [0.2, 0.25) is 10.0 Å². The number of ketones is 1. The molecule has 1 heterocycles. The first-order valence-corrected chi connectivity index (χ1v) is 13.5. The Bertz CT molecular complexity index is 1430. The van der Waals surface area contributed by atoms with E-state index in [0.717, 1.165) is 11.1 Å². The molecule has 0 fully saturated rings. The van der Waals surface area contributed by atoms with Crippen molar-refractivity contribution in [3.05, 3.63) is 130 Å². The molecule has 0 unspecified atom stereocenters. The van der Waals surface area contributed by atoms with Gasteiger partial charge in [-0.05, 0) is 66.1 Å². The first-order chi connectivity index (χ1) is 17.3. The van der Waals surface area contributed by atoms with Crippen molar-refractivity contribution in [1.82, 2.24) is 9.29 Å². The molecule has 0 amide bonds. The van der Waals surface area contributed by atoms with Crippen molar-refractivity contribution in [1.29, 1.82) is 0 Å². The fourth-order valence-corrected chi connectivity index (χ4v) is 5.49. The van der Waals surface area contributed by atoms with Crippen LogP contribution in [0.3, 0.4) is 0 Å². The molecule has 0 saturated carbocycles. The number of hydrogen-bond acceptors (Lipinski definition) is 4. The zero-order chi connectivity index (χ0) is 25.5. The van der Waals surface area contributed by atoms with Crippen LogP contribution in [0.15, 0.2) is 102 Å². The minimum Gasteiger partial charge on any atom is -0.294 e. The molecular formula is C28H24Cl2N2O3S. The van der Waals surface area contributed by atoms with E-state index in [9.17, 15) is 13.2 Å². The fourth-order valence-electron chi connectivity index (χ4n) is 3.75. The third kappa shape index (κ3) is 6.80. The van der Waals surface area contributed by atoms with E-state index in [1.165, 1.54) is 16.4 Å². The van der Waals surface area contributed by atoms with E-state index in [4.69, 9.17) is 23.2 Å². The molecule has 3 aromatic carbocycles. The predicted octanol–water partition coefficient (Wildman–Crippen LogP) is 6.60. The average Bonchev–Trinajstić information content (AvgIpc) is 2.88. The largest absolute Gasteiger partial charge is 0.294 e. The number of aryl methyl sites for hydroxylation is 1. The molecule has 1 aromatic heterocycles. The summed E-state index contributed by atoms with van der Waals surface area (Å²) >= 11 is 12.0. The van der Waals surface area contributed by atoms with E-state index in [2.05, 4.69) is 4.98 Å². The number of aromatic nitrogens is 1. The Morgan fingerprint density at radius 3 is 2.19 bits per heavy atom.